The van der Waals surface area contributed by atoms with Crippen LogP contribution < -0.4 is 5.32 Å². The summed E-state index contributed by atoms with van der Waals surface area (Å²) in [6.45, 7) is 1.96. The van der Waals surface area contributed by atoms with Gasteiger partial charge in [0.25, 0.3) is 0 Å². The summed E-state index contributed by atoms with van der Waals surface area (Å²) in [5.41, 5.74) is 0.950. The number of piperidine rings is 1. The van der Waals surface area contributed by atoms with Gasteiger partial charge in [-0.3, -0.25) is 0 Å². The van der Waals surface area contributed by atoms with E-state index in [2.05, 4.69) is 20.7 Å². The summed E-state index contributed by atoms with van der Waals surface area (Å²) in [7, 11) is 0. The van der Waals surface area contributed by atoms with Gasteiger partial charge in [0.2, 0.25) is 0 Å². The predicted octanol–water partition coefficient (Wildman–Crippen LogP) is 2.57. The minimum Gasteiger partial charge on any atom is -0.316 e. The zero-order chi connectivity index (χ0) is 13.9. The van der Waals surface area contributed by atoms with Gasteiger partial charge in [0, 0.05) is 6.54 Å². The SMILES string of the molecule is Clc1cccc([C@H]([C@H]2CCCNC2)n2ncnn2)c1Cl. The molecule has 1 fully saturated rings. The molecule has 1 aromatic heterocycles. The molecule has 0 aliphatic carbocycles. The molecule has 1 N–H and O–H groups in total. The van der Waals surface area contributed by atoms with Gasteiger partial charge in [0.05, 0.1) is 10.0 Å². The molecule has 0 bridgehead atoms. The highest BCUT2D eigenvalue weighted by atomic mass is 35.5. The molecule has 0 amide bonds. The average molecular weight is 312 g/mol. The topological polar surface area (TPSA) is 55.6 Å². The lowest BCUT2D eigenvalue weighted by atomic mass is 9.87. The number of hydrogen-bond acceptors (Lipinski definition) is 4. The fourth-order valence-electron chi connectivity index (χ4n) is 2.77. The van der Waals surface area contributed by atoms with Crippen molar-refractivity contribution in [2.75, 3.05) is 13.1 Å². The van der Waals surface area contributed by atoms with Gasteiger partial charge in [-0.05, 0) is 42.1 Å². The number of nitrogens with one attached hydrogen (secondary N) is 1. The van der Waals surface area contributed by atoms with E-state index >= 15 is 0 Å². The summed E-state index contributed by atoms with van der Waals surface area (Å²) in [5, 5.41) is 16.6. The Morgan fingerprint density at radius 2 is 2.25 bits per heavy atom. The van der Waals surface area contributed by atoms with E-state index in [-0.39, 0.29) is 6.04 Å². The van der Waals surface area contributed by atoms with Crippen LogP contribution in [0.5, 0.6) is 0 Å². The van der Waals surface area contributed by atoms with Crippen LogP contribution in [0.1, 0.15) is 24.4 Å². The first-order valence-electron chi connectivity index (χ1n) is 6.64. The highest BCUT2D eigenvalue weighted by molar-refractivity contribution is 6.42. The van der Waals surface area contributed by atoms with E-state index in [1.54, 1.807) is 10.9 Å². The molecule has 1 aromatic carbocycles. The number of hydrogen-bond donors (Lipinski definition) is 1. The van der Waals surface area contributed by atoms with Crippen molar-refractivity contribution in [2.24, 2.45) is 5.92 Å². The second-order valence-corrected chi connectivity index (χ2v) is 5.74. The van der Waals surface area contributed by atoms with Crippen LogP contribution in [-0.4, -0.2) is 33.3 Å². The zero-order valence-corrected chi connectivity index (χ0v) is 12.3. The van der Waals surface area contributed by atoms with Crippen molar-refractivity contribution in [2.45, 2.75) is 18.9 Å². The standard InChI is InChI=1S/C13H15Cl2N5/c14-11-5-1-4-10(12(11)15)13(20-18-8-17-19-20)9-3-2-6-16-7-9/h1,4-5,8-9,13,16H,2-3,6-7H2/t9-,13-/m0/s1. The largest absolute Gasteiger partial charge is 0.316 e. The monoisotopic (exact) mass is 311 g/mol. The van der Waals surface area contributed by atoms with Crippen LogP contribution in [0.15, 0.2) is 24.5 Å². The first-order valence-corrected chi connectivity index (χ1v) is 7.40. The molecule has 106 valence electrons. The first kappa shape index (κ1) is 13.8. The summed E-state index contributed by atoms with van der Waals surface area (Å²) >= 11 is 12.5. The molecule has 0 spiro atoms. The third-order valence-corrected chi connectivity index (χ3v) is 4.53. The third-order valence-electron chi connectivity index (χ3n) is 3.70. The molecule has 0 saturated carbocycles. The lowest BCUT2D eigenvalue weighted by Crippen LogP contribution is -2.36. The molecule has 2 heterocycles. The first-order chi connectivity index (χ1) is 9.77. The molecule has 5 nitrogen and oxygen atoms in total. The fourth-order valence-corrected chi connectivity index (χ4v) is 3.19. The lowest BCUT2D eigenvalue weighted by Gasteiger charge is -2.30. The van der Waals surface area contributed by atoms with Crippen molar-refractivity contribution < 1.29 is 0 Å². The van der Waals surface area contributed by atoms with Crippen molar-refractivity contribution in [1.29, 1.82) is 0 Å². The molecule has 2 aromatic rings. The minimum absolute atomic E-state index is 0.0449. The molecule has 0 unspecified atom stereocenters. The number of halogens is 2. The Morgan fingerprint density at radius 3 is 2.95 bits per heavy atom. The summed E-state index contributed by atoms with van der Waals surface area (Å²) in [4.78, 5) is 1.63. The maximum absolute atomic E-state index is 6.38. The molecule has 1 aliphatic rings. The number of tetrazole rings is 1. The molecular weight excluding hydrogens is 297 g/mol. The zero-order valence-electron chi connectivity index (χ0n) is 10.8. The Kier molecular flexibility index (Phi) is 4.19. The molecule has 7 heteroatoms. The van der Waals surface area contributed by atoms with Crippen LogP contribution in [-0.2, 0) is 0 Å². The summed E-state index contributed by atoms with van der Waals surface area (Å²) in [6, 6.07) is 5.63. The quantitative estimate of drug-likeness (QED) is 0.946. The highest BCUT2D eigenvalue weighted by Crippen LogP contribution is 2.36. The highest BCUT2D eigenvalue weighted by Gasteiger charge is 2.30. The molecule has 1 saturated heterocycles. The summed E-state index contributed by atoms with van der Waals surface area (Å²) < 4.78 is 0. The van der Waals surface area contributed by atoms with Gasteiger partial charge >= 0.3 is 0 Å². The number of aromatic nitrogens is 4. The lowest BCUT2D eigenvalue weighted by molar-refractivity contribution is 0.261. The Hall–Kier alpha value is -1.17. The van der Waals surface area contributed by atoms with Gasteiger partial charge in [-0.25, -0.2) is 0 Å². The molecular formula is C13H15Cl2N5. The third kappa shape index (κ3) is 2.66. The van der Waals surface area contributed by atoms with Gasteiger partial charge in [0.15, 0.2) is 6.33 Å². The van der Waals surface area contributed by atoms with Crippen LogP contribution in [0.3, 0.4) is 0 Å². The van der Waals surface area contributed by atoms with E-state index in [4.69, 9.17) is 23.2 Å². The van der Waals surface area contributed by atoms with E-state index in [1.807, 2.05) is 12.1 Å². The molecule has 3 rings (SSSR count). The van der Waals surface area contributed by atoms with Gasteiger partial charge in [0.1, 0.15) is 6.04 Å². The maximum Gasteiger partial charge on any atom is 0.162 e. The van der Waals surface area contributed by atoms with Crippen LogP contribution in [0.2, 0.25) is 10.0 Å². The van der Waals surface area contributed by atoms with E-state index in [9.17, 15) is 0 Å². The van der Waals surface area contributed by atoms with Crippen LogP contribution >= 0.6 is 23.2 Å². The average Bonchev–Trinajstić information content (AvgIpc) is 2.99. The van der Waals surface area contributed by atoms with Gasteiger partial charge in [-0.2, -0.15) is 4.80 Å². The molecule has 1 aliphatic heterocycles. The summed E-state index contributed by atoms with van der Waals surface area (Å²) in [6.07, 6.45) is 3.68. The number of nitrogens with zero attached hydrogens (tertiary/aromatic N) is 4. The predicted molar refractivity (Wildman–Crippen MR) is 78.0 cm³/mol. The van der Waals surface area contributed by atoms with Crippen molar-refractivity contribution in [3.05, 3.63) is 40.1 Å². The Labute approximate surface area is 127 Å². The Morgan fingerprint density at radius 1 is 1.35 bits per heavy atom. The van der Waals surface area contributed by atoms with E-state index in [0.717, 1.165) is 31.5 Å². The fraction of sp³-hybridized carbons (Fsp3) is 0.462. The van der Waals surface area contributed by atoms with Gasteiger partial charge < -0.3 is 5.32 Å². The van der Waals surface area contributed by atoms with Crippen LogP contribution in [0, 0.1) is 5.92 Å². The van der Waals surface area contributed by atoms with Crippen LogP contribution in [0.4, 0.5) is 0 Å². The normalized spacial score (nSPS) is 20.8. The van der Waals surface area contributed by atoms with Crippen molar-refractivity contribution in [3.8, 4) is 0 Å². The van der Waals surface area contributed by atoms with Gasteiger partial charge in [-0.1, -0.05) is 35.3 Å². The van der Waals surface area contributed by atoms with Crippen molar-refractivity contribution >= 4 is 23.2 Å². The Balaban J connectivity index is 2.03. The van der Waals surface area contributed by atoms with E-state index in [1.165, 1.54) is 6.33 Å². The number of benzene rings is 1. The van der Waals surface area contributed by atoms with E-state index < -0.39 is 0 Å². The molecule has 20 heavy (non-hydrogen) atoms. The van der Waals surface area contributed by atoms with Crippen LogP contribution in [0.25, 0.3) is 0 Å². The second-order valence-electron chi connectivity index (χ2n) is 4.95. The molecule has 0 radical (unpaired) electrons. The van der Waals surface area contributed by atoms with Gasteiger partial charge in [-0.15, -0.1) is 10.2 Å². The maximum atomic E-state index is 6.38. The Bertz CT molecular complexity index is 566. The summed E-state index contributed by atoms with van der Waals surface area (Å²) in [5.74, 6) is 0.369. The smallest absolute Gasteiger partial charge is 0.162 e. The minimum atomic E-state index is -0.0449. The van der Waals surface area contributed by atoms with Crippen molar-refractivity contribution in [1.82, 2.24) is 25.5 Å². The molecule has 2 atom stereocenters. The van der Waals surface area contributed by atoms with Crippen molar-refractivity contribution in [3.63, 3.8) is 0 Å². The van der Waals surface area contributed by atoms with E-state index in [0.29, 0.717) is 16.0 Å². The second kappa shape index (κ2) is 6.08. The number of rotatable bonds is 3.